The van der Waals surface area contributed by atoms with Crippen molar-refractivity contribution in [2.24, 2.45) is 0 Å². The smallest absolute Gasteiger partial charge is 0.0491 e. The summed E-state index contributed by atoms with van der Waals surface area (Å²) in [5.41, 5.74) is 4.00. The van der Waals surface area contributed by atoms with Crippen molar-refractivity contribution in [1.29, 1.82) is 0 Å². The zero-order valence-electron chi connectivity index (χ0n) is 10.9. The van der Waals surface area contributed by atoms with Gasteiger partial charge in [0.15, 0.2) is 0 Å². The van der Waals surface area contributed by atoms with Gasteiger partial charge in [-0.1, -0.05) is 24.3 Å². The Kier molecular flexibility index (Phi) is 2.80. The molecule has 3 rings (SSSR count). The van der Waals surface area contributed by atoms with Crippen LogP contribution in [0.4, 0.5) is 0 Å². The second-order valence-corrected chi connectivity index (χ2v) is 4.64. The summed E-state index contributed by atoms with van der Waals surface area (Å²) in [5.74, 6) is 0. The molecule has 0 bridgehead atoms. The Labute approximate surface area is 107 Å². The van der Waals surface area contributed by atoms with Gasteiger partial charge in [-0.2, -0.15) is 0 Å². The van der Waals surface area contributed by atoms with Gasteiger partial charge < -0.3 is 9.88 Å². The Hall–Kier alpha value is -1.80. The second kappa shape index (κ2) is 4.46. The van der Waals surface area contributed by atoms with E-state index < -0.39 is 0 Å². The van der Waals surface area contributed by atoms with E-state index >= 15 is 0 Å². The maximum atomic E-state index is 3.21. The fourth-order valence-electron chi connectivity index (χ4n) is 2.76. The lowest BCUT2D eigenvalue weighted by Crippen LogP contribution is -2.04. The highest BCUT2D eigenvalue weighted by Gasteiger charge is 2.08. The Balaban J connectivity index is 2.37. The first-order valence-corrected chi connectivity index (χ1v) is 6.49. The van der Waals surface area contributed by atoms with Crippen LogP contribution in [0.1, 0.15) is 12.5 Å². The van der Waals surface area contributed by atoms with Crippen LogP contribution in [0.3, 0.4) is 0 Å². The van der Waals surface area contributed by atoms with Gasteiger partial charge in [-0.25, -0.2) is 0 Å². The molecule has 2 aromatic carbocycles. The molecule has 2 heteroatoms. The molecule has 1 heterocycles. The van der Waals surface area contributed by atoms with Crippen molar-refractivity contribution in [1.82, 2.24) is 9.88 Å². The molecule has 2 nitrogen and oxygen atoms in total. The van der Waals surface area contributed by atoms with Crippen LogP contribution in [-0.4, -0.2) is 11.6 Å². The Morgan fingerprint density at radius 2 is 1.78 bits per heavy atom. The quantitative estimate of drug-likeness (QED) is 0.738. The molecule has 18 heavy (non-hydrogen) atoms. The van der Waals surface area contributed by atoms with Crippen molar-refractivity contribution < 1.29 is 0 Å². The van der Waals surface area contributed by atoms with Gasteiger partial charge in [0.2, 0.25) is 0 Å². The van der Waals surface area contributed by atoms with Crippen LogP contribution in [0.2, 0.25) is 0 Å². The van der Waals surface area contributed by atoms with E-state index in [-0.39, 0.29) is 0 Å². The summed E-state index contributed by atoms with van der Waals surface area (Å²) in [5, 5.41) is 5.93. The van der Waals surface area contributed by atoms with Crippen LogP contribution in [-0.2, 0) is 13.1 Å². The van der Waals surface area contributed by atoms with E-state index in [0.717, 1.165) is 13.1 Å². The largest absolute Gasteiger partial charge is 0.341 e. The Morgan fingerprint density at radius 3 is 2.56 bits per heavy atom. The van der Waals surface area contributed by atoms with E-state index in [4.69, 9.17) is 0 Å². The van der Waals surface area contributed by atoms with Crippen molar-refractivity contribution in [2.75, 3.05) is 7.05 Å². The Morgan fingerprint density at radius 1 is 1.00 bits per heavy atom. The molecular formula is C16H18N2. The number of hydrogen-bond donors (Lipinski definition) is 1. The van der Waals surface area contributed by atoms with Gasteiger partial charge in [0.25, 0.3) is 0 Å². The number of aryl methyl sites for hydroxylation is 1. The van der Waals surface area contributed by atoms with E-state index in [1.165, 1.54) is 27.4 Å². The number of para-hydroxylation sites is 1. The van der Waals surface area contributed by atoms with E-state index in [9.17, 15) is 0 Å². The molecule has 0 aliphatic heterocycles. The van der Waals surface area contributed by atoms with Crippen LogP contribution >= 0.6 is 0 Å². The molecule has 3 aromatic rings. The average Bonchev–Trinajstić information content (AvgIpc) is 2.72. The van der Waals surface area contributed by atoms with Gasteiger partial charge in [-0.15, -0.1) is 0 Å². The molecule has 0 saturated carbocycles. The van der Waals surface area contributed by atoms with Crippen molar-refractivity contribution in [3.8, 4) is 0 Å². The molecule has 0 saturated heterocycles. The zero-order chi connectivity index (χ0) is 12.5. The van der Waals surface area contributed by atoms with E-state index in [0.29, 0.717) is 0 Å². The first-order valence-electron chi connectivity index (χ1n) is 6.49. The summed E-state index contributed by atoms with van der Waals surface area (Å²) < 4.78 is 2.38. The molecule has 0 aliphatic carbocycles. The van der Waals surface area contributed by atoms with Crippen LogP contribution < -0.4 is 5.32 Å². The lowest BCUT2D eigenvalue weighted by Gasteiger charge is -2.04. The maximum absolute atomic E-state index is 3.21. The molecule has 0 unspecified atom stereocenters. The fourth-order valence-corrected chi connectivity index (χ4v) is 2.76. The van der Waals surface area contributed by atoms with Crippen molar-refractivity contribution in [2.45, 2.75) is 20.0 Å². The molecule has 0 radical (unpaired) electrons. The summed E-state index contributed by atoms with van der Waals surface area (Å²) in [6.45, 7) is 4.13. The van der Waals surface area contributed by atoms with E-state index in [1.807, 2.05) is 7.05 Å². The minimum Gasteiger partial charge on any atom is -0.341 e. The first kappa shape index (κ1) is 11.3. The van der Waals surface area contributed by atoms with Crippen LogP contribution in [0.15, 0.2) is 42.5 Å². The highest BCUT2D eigenvalue weighted by atomic mass is 15.0. The minimum absolute atomic E-state index is 0.918. The molecule has 0 spiro atoms. The topological polar surface area (TPSA) is 17.0 Å². The molecule has 0 amide bonds. The fraction of sp³-hybridized carbons (Fsp3) is 0.250. The molecular weight excluding hydrogens is 220 g/mol. The Bertz CT molecular complexity index is 695. The van der Waals surface area contributed by atoms with Crippen molar-refractivity contribution in [3.05, 3.63) is 48.0 Å². The maximum Gasteiger partial charge on any atom is 0.0491 e. The molecule has 1 N–H and O–H groups in total. The SMILES string of the molecule is CCn1c2ccccc2c2cc(CNC)ccc21. The normalized spacial score (nSPS) is 11.4. The number of nitrogens with one attached hydrogen (secondary N) is 1. The van der Waals surface area contributed by atoms with E-state index in [1.54, 1.807) is 0 Å². The minimum atomic E-state index is 0.918. The van der Waals surface area contributed by atoms with Gasteiger partial charge in [0.1, 0.15) is 0 Å². The average molecular weight is 238 g/mol. The molecule has 0 aliphatic rings. The summed E-state index contributed by atoms with van der Waals surface area (Å²) >= 11 is 0. The number of nitrogens with zero attached hydrogens (tertiary/aromatic N) is 1. The number of aromatic nitrogens is 1. The van der Waals surface area contributed by atoms with Gasteiger partial charge in [0, 0.05) is 34.9 Å². The summed E-state index contributed by atoms with van der Waals surface area (Å²) in [7, 11) is 1.99. The summed E-state index contributed by atoms with van der Waals surface area (Å²) in [6.07, 6.45) is 0. The van der Waals surface area contributed by atoms with Gasteiger partial charge in [-0.05, 0) is 37.7 Å². The third kappa shape index (κ3) is 1.61. The van der Waals surface area contributed by atoms with Crippen LogP contribution in [0, 0.1) is 0 Å². The number of fused-ring (bicyclic) bond motifs is 3. The lowest BCUT2D eigenvalue weighted by atomic mass is 10.1. The van der Waals surface area contributed by atoms with Crippen molar-refractivity contribution >= 4 is 21.8 Å². The lowest BCUT2D eigenvalue weighted by molar-refractivity contribution is 0.815. The number of hydrogen-bond acceptors (Lipinski definition) is 1. The van der Waals surface area contributed by atoms with Crippen LogP contribution in [0.25, 0.3) is 21.8 Å². The third-order valence-corrected chi connectivity index (χ3v) is 3.53. The third-order valence-electron chi connectivity index (χ3n) is 3.53. The first-order chi connectivity index (χ1) is 8.85. The molecule has 0 atom stereocenters. The van der Waals surface area contributed by atoms with Gasteiger partial charge in [-0.3, -0.25) is 0 Å². The predicted molar refractivity (Wildman–Crippen MR) is 77.9 cm³/mol. The van der Waals surface area contributed by atoms with E-state index in [2.05, 4.69) is 59.3 Å². The molecule has 0 fully saturated rings. The van der Waals surface area contributed by atoms with Crippen LogP contribution in [0.5, 0.6) is 0 Å². The number of rotatable bonds is 3. The summed E-state index contributed by atoms with van der Waals surface area (Å²) in [6, 6.07) is 15.4. The monoisotopic (exact) mass is 238 g/mol. The zero-order valence-corrected chi connectivity index (χ0v) is 10.9. The highest BCUT2D eigenvalue weighted by molar-refractivity contribution is 6.08. The molecule has 92 valence electrons. The molecule has 1 aromatic heterocycles. The highest BCUT2D eigenvalue weighted by Crippen LogP contribution is 2.29. The second-order valence-electron chi connectivity index (χ2n) is 4.64. The van der Waals surface area contributed by atoms with Gasteiger partial charge >= 0.3 is 0 Å². The number of benzene rings is 2. The summed E-state index contributed by atoms with van der Waals surface area (Å²) in [4.78, 5) is 0. The predicted octanol–water partition coefficient (Wildman–Crippen LogP) is 3.53. The standard InChI is InChI=1S/C16H18N2/c1-3-18-15-7-5-4-6-13(15)14-10-12(11-17-2)8-9-16(14)18/h4-10,17H,3,11H2,1-2H3. The van der Waals surface area contributed by atoms with Gasteiger partial charge in [0.05, 0.1) is 0 Å². The van der Waals surface area contributed by atoms with Crippen molar-refractivity contribution in [3.63, 3.8) is 0 Å².